The number of halogens is 17. The first-order valence-corrected chi connectivity index (χ1v) is 39.4. The normalized spacial score (nSPS) is 10.5. The van der Waals surface area contributed by atoms with Gasteiger partial charge in [0.15, 0.2) is 81.1 Å². The number of aromatic carboxylic acids is 2. The second-order valence-corrected chi connectivity index (χ2v) is 32.2. The highest BCUT2D eigenvalue weighted by atomic mass is 79.9. The van der Waals surface area contributed by atoms with E-state index < -0.39 is 116 Å². The van der Waals surface area contributed by atoms with Gasteiger partial charge in [0.2, 0.25) is 46.4 Å². The quantitative estimate of drug-likeness (QED) is 0.0325. The van der Waals surface area contributed by atoms with Crippen LogP contribution < -0.4 is 18.9 Å². The van der Waals surface area contributed by atoms with E-state index in [1.807, 2.05) is 18.2 Å². The fourth-order valence-corrected chi connectivity index (χ4v) is 15.1. The molecule has 0 unspecified atom stereocenters. The van der Waals surface area contributed by atoms with Crippen molar-refractivity contribution in [2.45, 2.75) is 83.1 Å². The van der Waals surface area contributed by atoms with Crippen LogP contribution >= 0.6 is 77.5 Å². The number of carbonyl (C=O) groups is 6. The number of ether oxygens (including phenoxy) is 4. The van der Waals surface area contributed by atoms with Gasteiger partial charge in [0, 0.05) is 53.2 Å². The van der Waals surface area contributed by atoms with Gasteiger partial charge < -0.3 is 39.4 Å². The molecular weight excluding hydrogens is 1840 g/mol. The summed E-state index contributed by atoms with van der Waals surface area (Å²) in [5.41, 5.74) is 8.18. The van der Waals surface area contributed by atoms with Crippen LogP contribution in [-0.4, -0.2) is 83.4 Å². The summed E-state index contributed by atoms with van der Waals surface area (Å²) in [4.78, 5) is 72.7. The third-order valence-electron chi connectivity index (χ3n) is 18.5. The summed E-state index contributed by atoms with van der Waals surface area (Å²) in [5.74, 6) is -20.9. The third kappa shape index (κ3) is 23.5. The van der Waals surface area contributed by atoms with Gasteiger partial charge in [-0.15, -0.1) is 34.0 Å². The van der Waals surface area contributed by atoms with Gasteiger partial charge in [0.05, 0.1) is 58.0 Å². The lowest BCUT2D eigenvalue weighted by molar-refractivity contribution is 0.0684. The molecule has 0 fully saturated rings. The molecule has 3 aromatic heterocycles. The van der Waals surface area contributed by atoms with E-state index in [0.717, 1.165) is 86.4 Å². The van der Waals surface area contributed by atoms with Crippen molar-refractivity contribution in [3.8, 4) is 55.4 Å². The highest BCUT2D eigenvalue weighted by Crippen LogP contribution is 2.39. The van der Waals surface area contributed by atoms with Gasteiger partial charge in [-0.25, -0.2) is 49.1 Å². The van der Waals surface area contributed by atoms with Crippen LogP contribution in [0.15, 0.2) is 124 Å². The highest BCUT2D eigenvalue weighted by molar-refractivity contribution is 9.11. The lowest BCUT2D eigenvalue weighted by atomic mass is 9.98. The molecule has 0 bridgehead atoms. The maximum Gasteiger partial charge on any atom is 0.336 e. The number of thiophene rings is 3. The smallest absolute Gasteiger partial charge is 0.336 e. The zero-order valence-electron chi connectivity index (χ0n) is 67.0. The van der Waals surface area contributed by atoms with E-state index in [1.165, 1.54) is 106 Å². The molecule has 12 rings (SSSR count). The molecule has 0 aliphatic rings. The van der Waals surface area contributed by atoms with Crippen molar-refractivity contribution in [3.05, 3.63) is 320 Å². The number of aryl methyl sites for hydroxylation is 4. The van der Waals surface area contributed by atoms with Gasteiger partial charge in [-0.05, 0) is 275 Å². The Morgan fingerprint density at radius 3 is 1.06 bits per heavy atom. The molecule has 0 saturated heterocycles. The molecule has 0 amide bonds. The highest BCUT2D eigenvalue weighted by Gasteiger charge is 2.27. The molecule has 0 aliphatic heterocycles. The van der Waals surface area contributed by atoms with E-state index in [1.54, 1.807) is 58.0 Å². The number of carboxylic acids is 2. The summed E-state index contributed by atoms with van der Waals surface area (Å²) in [6.45, 7) is 20.2. The van der Waals surface area contributed by atoms with Crippen LogP contribution in [0, 0.1) is 165 Å². The van der Waals surface area contributed by atoms with Crippen molar-refractivity contribution < 1.29 is 130 Å². The van der Waals surface area contributed by atoms with E-state index in [2.05, 4.69) is 83.7 Å². The van der Waals surface area contributed by atoms with Crippen LogP contribution in [0.2, 0.25) is 0 Å². The molecule has 122 heavy (non-hydrogen) atoms. The number of aromatic hydroxyl groups is 2. The SMILES string of the molecule is COc1c(C)c(C(=O)Cl)cc(F)c1F.COc1c(C)c(C(=O)O)cc(F)c1F.COc1cc(Br)cc(F)c1F.COc1cc(C(=O)O)cc(F)c1F.Cc1c(C(=O)c2ccc(Br)s2)cc(F)c(F)c1C.Cc1cc(-c2ccc(C(=O)c3cc(F)c(F)c(C)c3C)s2)cc(C)c1C.Cc1cc(-c2ccc(C(=O)c3cc(F)c(F)c(O)c3C)s2)cc(C)c1O. The third-order valence-corrected chi connectivity index (χ3v) is 23.1. The van der Waals surface area contributed by atoms with Crippen molar-refractivity contribution in [1.82, 2.24) is 0 Å². The summed E-state index contributed by atoms with van der Waals surface area (Å²) >= 11 is 15.3. The van der Waals surface area contributed by atoms with Crippen LogP contribution in [0.5, 0.6) is 34.5 Å². The Balaban J connectivity index is 0.000000226. The molecule has 0 radical (unpaired) electrons. The zero-order valence-corrected chi connectivity index (χ0v) is 73.4. The number of benzene rings is 9. The number of carbonyl (C=O) groups excluding carboxylic acids is 4. The molecule has 9 aromatic carbocycles. The Labute approximate surface area is 723 Å². The van der Waals surface area contributed by atoms with Crippen molar-refractivity contribution in [1.29, 1.82) is 0 Å². The van der Waals surface area contributed by atoms with E-state index in [4.69, 9.17) is 21.8 Å². The van der Waals surface area contributed by atoms with Gasteiger partial charge >= 0.3 is 11.9 Å². The number of hydrogen-bond acceptors (Lipinski definition) is 15. The van der Waals surface area contributed by atoms with Crippen molar-refractivity contribution in [3.63, 3.8) is 0 Å². The van der Waals surface area contributed by atoms with E-state index in [0.29, 0.717) is 42.4 Å². The first kappa shape index (κ1) is 99.6. The molecule has 3 heterocycles. The molecule has 0 saturated carbocycles. The summed E-state index contributed by atoms with van der Waals surface area (Å²) in [6.07, 6.45) is 0. The molecular formula is C88H71Br2ClF14O14S3. The number of hydrogen-bond donors (Lipinski definition) is 4. The molecule has 14 nitrogen and oxygen atoms in total. The number of ketones is 3. The molecule has 0 atom stereocenters. The Hall–Kier alpha value is -11.2. The molecule has 4 N–H and O–H groups in total. The van der Waals surface area contributed by atoms with Gasteiger partial charge in [0.1, 0.15) is 5.75 Å². The minimum Gasteiger partial charge on any atom is -0.507 e. The zero-order chi connectivity index (χ0) is 92.0. The van der Waals surface area contributed by atoms with Crippen LogP contribution in [0.3, 0.4) is 0 Å². The average molecular weight is 1910 g/mol. The number of rotatable bonds is 15. The summed E-state index contributed by atoms with van der Waals surface area (Å²) in [5, 5.41) is 35.8. The number of carboxylic acid groups (broad SMARTS) is 2. The minimum atomic E-state index is -1.36. The largest absolute Gasteiger partial charge is 0.507 e. The monoisotopic (exact) mass is 1910 g/mol. The molecule has 644 valence electrons. The lowest BCUT2D eigenvalue weighted by Gasteiger charge is -2.09. The molecule has 12 aromatic rings. The lowest BCUT2D eigenvalue weighted by Crippen LogP contribution is -2.06. The fraction of sp³-hybridized carbons (Fsp3) is 0.182. The van der Waals surface area contributed by atoms with Gasteiger partial charge in [-0.3, -0.25) is 19.2 Å². The summed E-state index contributed by atoms with van der Waals surface area (Å²) < 4.78 is 203. The Bertz CT molecular complexity index is 5780. The van der Waals surface area contributed by atoms with E-state index in [9.17, 15) is 100 Å². The standard InChI is InChI=1S/C22H20F2OS.C20H16F2O3S.C13H9BrF2OS.C9H7ClF2O2.C9H8F2O3.C8H6F2O3.C7H5BrF2O/c1-11-8-16(9-12(2)13(11)3)19-6-7-20(26-19)22(25)17-10-18(23)21(24)15(5)14(17)4;1-9-6-12(7-10(2)18(9)23)15-4-5-16(26-15)20(25)13-8-14(21)17(22)19(24)11(13)3;1-6-7(2)12(16)9(15)5-8(6)13(17)10-3-4-11(14)18-10;1-4-5(9(10)13)3-6(11)7(12)8(4)14-2;1-4-5(9(12)13)3-6(10)7(11)8(4)14-2;1-13-6-3-4(8(11)12)2-5(9)7(6)10;1-11-6-3-4(8)2-5(9)7(6)10/h6-10H,1-5H3;4-8,23-24H,1-3H3;3-5H,1-2H3;3H,1-2H3;3H,1-2H3,(H,12,13);2-3H,1H3,(H,11,12);2-3H,1H3. The Kier molecular flexibility index (Phi) is 35.1. The molecule has 0 aliphatic carbocycles. The second kappa shape index (κ2) is 43.0. The first-order valence-electron chi connectivity index (χ1n) is 35.0. The number of phenolic OH excluding ortho intramolecular Hbond substituents is 2. The van der Waals surface area contributed by atoms with Crippen LogP contribution in [-0.2, 0) is 0 Å². The molecule has 34 heteroatoms. The Morgan fingerprint density at radius 2 is 0.672 bits per heavy atom. The topological polar surface area (TPSA) is 220 Å². The maximum absolute atomic E-state index is 13.8. The van der Waals surface area contributed by atoms with Crippen LogP contribution in [0.4, 0.5) is 61.5 Å². The number of methoxy groups -OCH3 is 4. The predicted octanol–water partition coefficient (Wildman–Crippen LogP) is 25.4. The van der Waals surface area contributed by atoms with Gasteiger partial charge in [-0.1, -0.05) is 28.1 Å². The van der Waals surface area contributed by atoms with E-state index in [-0.39, 0.29) is 95.8 Å². The van der Waals surface area contributed by atoms with Gasteiger partial charge in [0.25, 0.3) is 5.24 Å². The van der Waals surface area contributed by atoms with Gasteiger partial charge in [-0.2, -0.15) is 22.0 Å². The van der Waals surface area contributed by atoms with Crippen LogP contribution in [0.25, 0.3) is 20.9 Å². The average Bonchev–Trinajstić information content (AvgIpc) is 1.81. The van der Waals surface area contributed by atoms with Crippen molar-refractivity contribution in [2.75, 3.05) is 28.4 Å². The van der Waals surface area contributed by atoms with Crippen molar-refractivity contribution >= 4 is 112 Å². The van der Waals surface area contributed by atoms with Crippen LogP contribution in [0.1, 0.15) is 144 Å². The minimum absolute atomic E-state index is 0.000160. The number of phenols is 2. The molecule has 0 spiro atoms. The maximum atomic E-state index is 13.8. The Morgan fingerprint density at radius 1 is 0.328 bits per heavy atom. The fourth-order valence-electron chi connectivity index (χ4n) is 11.3. The summed E-state index contributed by atoms with van der Waals surface area (Å²) in [7, 11) is 4.75. The summed E-state index contributed by atoms with van der Waals surface area (Å²) in [6, 6.07) is 26.4. The van der Waals surface area contributed by atoms with E-state index >= 15 is 0 Å². The van der Waals surface area contributed by atoms with Crippen molar-refractivity contribution in [2.24, 2.45) is 0 Å². The second-order valence-electron chi connectivity index (χ2n) is 26.3. The predicted molar refractivity (Wildman–Crippen MR) is 445 cm³/mol. The first-order chi connectivity index (χ1) is 57.0.